The van der Waals surface area contributed by atoms with Crippen molar-refractivity contribution >= 4 is 46.2 Å². The molecule has 0 radical (unpaired) electrons. The summed E-state index contributed by atoms with van der Waals surface area (Å²) < 4.78 is 5.26. The second-order valence-electron chi connectivity index (χ2n) is 6.69. The lowest BCUT2D eigenvalue weighted by Gasteiger charge is -2.25. The molecule has 6 heteroatoms. The van der Waals surface area contributed by atoms with Crippen molar-refractivity contribution < 1.29 is 9.53 Å². The molecule has 1 atom stereocenters. The van der Waals surface area contributed by atoms with Crippen molar-refractivity contribution in [2.45, 2.75) is 12.5 Å². The molecule has 0 spiro atoms. The number of benzene rings is 3. The molecule has 1 fully saturated rings. The molecule has 1 heterocycles. The Balaban J connectivity index is 1.77. The highest BCUT2D eigenvalue weighted by Gasteiger charge is 2.38. The van der Waals surface area contributed by atoms with E-state index in [2.05, 4.69) is 4.99 Å². The fourth-order valence-electron chi connectivity index (χ4n) is 3.45. The number of ether oxygens (including phenoxy) is 1. The molecule has 1 saturated heterocycles. The van der Waals surface area contributed by atoms with Crippen LogP contribution in [0.2, 0.25) is 10.0 Å². The minimum atomic E-state index is -0.190. The van der Waals surface area contributed by atoms with Crippen LogP contribution in [0.5, 0.6) is 5.75 Å². The number of anilines is 1. The van der Waals surface area contributed by atoms with Gasteiger partial charge in [-0.2, -0.15) is 0 Å². The Kier molecular flexibility index (Phi) is 5.56. The van der Waals surface area contributed by atoms with E-state index in [4.69, 9.17) is 27.9 Å². The summed E-state index contributed by atoms with van der Waals surface area (Å²) in [6, 6.07) is 22.0. The Morgan fingerprint density at radius 3 is 2.31 bits per heavy atom. The number of halogens is 2. The molecular weight excluding hydrogens is 407 g/mol. The largest absolute Gasteiger partial charge is 0.497 e. The SMILES string of the molecule is COc1ccc(C2CC(=Nc3cccc(Cl)c3)C(=O)N2c2cccc(Cl)c2)cc1. The predicted molar refractivity (Wildman–Crippen MR) is 118 cm³/mol. The number of carbonyl (C=O) groups is 1. The van der Waals surface area contributed by atoms with Gasteiger partial charge in [-0.15, -0.1) is 0 Å². The molecule has 0 saturated carbocycles. The van der Waals surface area contributed by atoms with Crippen molar-refractivity contribution in [1.82, 2.24) is 0 Å². The first-order valence-corrected chi connectivity index (χ1v) is 9.87. The van der Waals surface area contributed by atoms with Crippen molar-refractivity contribution in [2.75, 3.05) is 12.0 Å². The quantitative estimate of drug-likeness (QED) is 0.496. The molecule has 3 aromatic rings. The first-order chi connectivity index (χ1) is 14.0. The van der Waals surface area contributed by atoms with Crippen LogP contribution >= 0.6 is 23.2 Å². The van der Waals surface area contributed by atoms with Crippen LogP contribution in [0.3, 0.4) is 0 Å². The summed E-state index contributed by atoms with van der Waals surface area (Å²) in [4.78, 5) is 19.6. The lowest BCUT2D eigenvalue weighted by molar-refractivity contribution is -0.112. The summed E-state index contributed by atoms with van der Waals surface area (Å²) in [5.74, 6) is 0.619. The average Bonchev–Trinajstić information content (AvgIpc) is 3.04. The maximum absolute atomic E-state index is 13.3. The van der Waals surface area contributed by atoms with Crippen LogP contribution in [0.4, 0.5) is 11.4 Å². The van der Waals surface area contributed by atoms with Gasteiger partial charge in [0.15, 0.2) is 0 Å². The second-order valence-corrected chi connectivity index (χ2v) is 7.56. The molecule has 1 aliphatic rings. The Hall–Kier alpha value is -2.82. The molecule has 0 bridgehead atoms. The van der Waals surface area contributed by atoms with Gasteiger partial charge >= 0.3 is 0 Å². The van der Waals surface area contributed by atoms with Crippen LogP contribution in [-0.2, 0) is 4.79 Å². The van der Waals surface area contributed by atoms with Gasteiger partial charge in [-0.1, -0.05) is 47.5 Å². The molecule has 29 heavy (non-hydrogen) atoms. The van der Waals surface area contributed by atoms with E-state index < -0.39 is 0 Å². The Morgan fingerprint density at radius 2 is 1.66 bits per heavy atom. The fourth-order valence-corrected chi connectivity index (χ4v) is 3.82. The Bertz CT molecular complexity index is 1080. The molecule has 1 aliphatic heterocycles. The predicted octanol–water partition coefficient (Wildman–Crippen LogP) is 6.25. The van der Waals surface area contributed by atoms with Crippen molar-refractivity contribution in [1.29, 1.82) is 0 Å². The summed E-state index contributed by atoms with van der Waals surface area (Å²) in [5.41, 5.74) is 2.87. The van der Waals surface area contributed by atoms with Crippen LogP contribution in [0, 0.1) is 0 Å². The van der Waals surface area contributed by atoms with Gasteiger partial charge in [0.2, 0.25) is 0 Å². The number of rotatable bonds is 4. The first-order valence-electron chi connectivity index (χ1n) is 9.11. The van der Waals surface area contributed by atoms with E-state index in [1.807, 2.05) is 48.5 Å². The molecule has 4 rings (SSSR count). The monoisotopic (exact) mass is 424 g/mol. The van der Waals surface area contributed by atoms with Gasteiger partial charge in [-0.25, -0.2) is 4.99 Å². The molecule has 0 N–H and O–H groups in total. The highest BCUT2D eigenvalue weighted by Crippen LogP contribution is 2.38. The molecule has 1 unspecified atom stereocenters. The smallest absolute Gasteiger partial charge is 0.273 e. The number of hydrogen-bond acceptors (Lipinski definition) is 3. The Morgan fingerprint density at radius 1 is 0.966 bits per heavy atom. The van der Waals surface area contributed by atoms with E-state index >= 15 is 0 Å². The highest BCUT2D eigenvalue weighted by atomic mass is 35.5. The number of nitrogens with zero attached hydrogens (tertiary/aromatic N) is 2. The van der Waals surface area contributed by atoms with Crippen molar-refractivity contribution in [3.05, 3.63) is 88.4 Å². The second kappa shape index (κ2) is 8.27. The summed E-state index contributed by atoms with van der Waals surface area (Å²) in [5, 5.41) is 1.15. The van der Waals surface area contributed by atoms with E-state index in [0.717, 1.165) is 17.0 Å². The van der Waals surface area contributed by atoms with Gasteiger partial charge in [0.25, 0.3) is 5.91 Å². The minimum absolute atomic E-state index is 0.145. The summed E-state index contributed by atoms with van der Waals surface area (Å²) in [6.45, 7) is 0. The summed E-state index contributed by atoms with van der Waals surface area (Å²) in [6.07, 6.45) is 0.476. The van der Waals surface area contributed by atoms with E-state index in [1.165, 1.54) is 0 Å². The average molecular weight is 425 g/mol. The maximum atomic E-state index is 13.3. The number of methoxy groups -OCH3 is 1. The normalized spacial score (nSPS) is 17.8. The lowest BCUT2D eigenvalue weighted by Crippen LogP contribution is -2.29. The van der Waals surface area contributed by atoms with Gasteiger partial charge < -0.3 is 4.74 Å². The molecule has 0 aromatic heterocycles. The van der Waals surface area contributed by atoms with E-state index in [9.17, 15) is 4.79 Å². The van der Waals surface area contributed by atoms with Crippen molar-refractivity contribution in [2.24, 2.45) is 4.99 Å². The van der Waals surface area contributed by atoms with Crippen LogP contribution in [-0.4, -0.2) is 18.7 Å². The first kappa shape index (κ1) is 19.5. The van der Waals surface area contributed by atoms with Crippen molar-refractivity contribution in [3.8, 4) is 5.75 Å². The lowest BCUT2D eigenvalue weighted by atomic mass is 10.0. The van der Waals surface area contributed by atoms with Gasteiger partial charge in [-0.05, 0) is 54.1 Å². The Labute approximate surface area is 179 Å². The summed E-state index contributed by atoms with van der Waals surface area (Å²) >= 11 is 12.3. The number of carbonyl (C=O) groups excluding carboxylic acids is 1. The molecule has 146 valence electrons. The number of amides is 1. The van der Waals surface area contributed by atoms with Crippen LogP contribution in [0.25, 0.3) is 0 Å². The summed E-state index contributed by atoms with van der Waals surface area (Å²) in [7, 11) is 1.63. The number of hydrogen-bond donors (Lipinski definition) is 0. The number of aliphatic imine (C=N–C) groups is 1. The zero-order chi connectivity index (χ0) is 20.4. The van der Waals surface area contributed by atoms with Gasteiger partial charge in [0, 0.05) is 22.2 Å². The minimum Gasteiger partial charge on any atom is -0.497 e. The zero-order valence-corrected chi connectivity index (χ0v) is 17.2. The van der Waals surface area contributed by atoms with Crippen LogP contribution in [0.15, 0.2) is 77.8 Å². The third kappa shape index (κ3) is 4.14. The third-order valence-corrected chi connectivity index (χ3v) is 5.29. The zero-order valence-electron chi connectivity index (χ0n) is 15.7. The molecular formula is C23H18Cl2N2O2. The van der Waals surface area contributed by atoms with Gasteiger partial charge in [-0.3, -0.25) is 9.69 Å². The van der Waals surface area contributed by atoms with Crippen LogP contribution < -0.4 is 9.64 Å². The highest BCUT2D eigenvalue weighted by molar-refractivity contribution is 6.47. The topological polar surface area (TPSA) is 41.9 Å². The van der Waals surface area contributed by atoms with Gasteiger partial charge in [0.1, 0.15) is 11.5 Å². The van der Waals surface area contributed by atoms with Crippen molar-refractivity contribution in [3.63, 3.8) is 0 Å². The molecule has 3 aromatic carbocycles. The third-order valence-electron chi connectivity index (χ3n) is 4.82. The fraction of sp³-hybridized carbons (Fsp3) is 0.130. The molecule has 1 amide bonds. The standard InChI is InChI=1S/C23H18Cl2N2O2/c1-29-20-10-8-15(9-11-20)22-14-21(26-18-6-2-4-16(24)12-18)23(28)27(22)19-7-3-5-17(25)13-19/h2-13,22H,14H2,1H3. The molecule has 0 aliphatic carbocycles. The van der Waals surface area contributed by atoms with Crippen LogP contribution in [0.1, 0.15) is 18.0 Å². The van der Waals surface area contributed by atoms with E-state index in [0.29, 0.717) is 27.9 Å². The van der Waals surface area contributed by atoms with E-state index in [-0.39, 0.29) is 11.9 Å². The van der Waals surface area contributed by atoms with Gasteiger partial charge in [0.05, 0.1) is 18.8 Å². The maximum Gasteiger partial charge on any atom is 0.273 e. The van der Waals surface area contributed by atoms with E-state index in [1.54, 1.807) is 36.3 Å². The molecule has 4 nitrogen and oxygen atoms in total.